The predicted octanol–water partition coefficient (Wildman–Crippen LogP) is 7.24. The maximum absolute atomic E-state index is 12.8. The summed E-state index contributed by atoms with van der Waals surface area (Å²) < 4.78 is 3.01. The minimum absolute atomic E-state index is 0.128. The van der Waals surface area contributed by atoms with Crippen molar-refractivity contribution in [2.45, 2.75) is 0 Å². The molecule has 4 nitrogen and oxygen atoms in total. The number of allylic oxidation sites excluding steroid dienone is 1. The first-order valence-electron chi connectivity index (χ1n) is 10.9. The van der Waals surface area contributed by atoms with Gasteiger partial charge in [-0.25, -0.2) is 0 Å². The fourth-order valence-corrected chi connectivity index (χ4v) is 4.54. The monoisotopic (exact) mass is 508 g/mol. The average Bonchev–Trinajstić information content (AvgIpc) is 3.14. The number of anilines is 1. The maximum atomic E-state index is 12.8. The fraction of sp³-hybridized carbons (Fsp3) is 0.0345. The number of benzene rings is 4. The first-order chi connectivity index (χ1) is 16.5. The Bertz CT molecular complexity index is 1600. The number of nitrogens with zero attached hydrogens (tertiary/aromatic N) is 1. The molecule has 34 heavy (non-hydrogen) atoms. The van der Waals surface area contributed by atoms with E-state index in [1.54, 1.807) is 48.5 Å². The third-order valence-corrected chi connectivity index (χ3v) is 6.35. The van der Waals surface area contributed by atoms with Crippen molar-refractivity contribution >= 4 is 61.2 Å². The summed E-state index contributed by atoms with van der Waals surface area (Å²) in [5.41, 5.74) is 4.90. The maximum Gasteiger partial charge on any atom is 0.255 e. The van der Waals surface area contributed by atoms with Crippen molar-refractivity contribution in [3.63, 3.8) is 0 Å². The van der Waals surface area contributed by atoms with E-state index in [0.717, 1.165) is 20.9 Å². The van der Waals surface area contributed by atoms with Gasteiger partial charge in [0.05, 0.1) is 0 Å². The Morgan fingerprint density at radius 2 is 1.56 bits per heavy atom. The molecule has 5 rings (SSSR count). The fourth-order valence-electron chi connectivity index (χ4n) is 4.14. The van der Waals surface area contributed by atoms with E-state index in [1.807, 2.05) is 30.3 Å². The number of halogens is 1. The van der Waals surface area contributed by atoms with E-state index in [0.29, 0.717) is 16.8 Å². The number of aromatic nitrogens is 1. The van der Waals surface area contributed by atoms with Crippen LogP contribution in [0.3, 0.4) is 0 Å². The third kappa shape index (κ3) is 4.30. The molecule has 0 saturated carbocycles. The molecular formula is C29H21BrN2O2. The lowest BCUT2D eigenvalue weighted by molar-refractivity contribution is 0.102. The van der Waals surface area contributed by atoms with Gasteiger partial charge in [0.15, 0.2) is 5.78 Å². The predicted molar refractivity (Wildman–Crippen MR) is 142 cm³/mol. The van der Waals surface area contributed by atoms with Crippen LogP contribution in [0.4, 0.5) is 5.69 Å². The summed E-state index contributed by atoms with van der Waals surface area (Å²) in [6, 6.07) is 28.6. The van der Waals surface area contributed by atoms with Crippen LogP contribution in [-0.2, 0) is 7.05 Å². The van der Waals surface area contributed by atoms with Gasteiger partial charge < -0.3 is 9.88 Å². The molecule has 4 aromatic carbocycles. The Morgan fingerprint density at radius 1 is 0.794 bits per heavy atom. The van der Waals surface area contributed by atoms with Gasteiger partial charge in [0.1, 0.15) is 0 Å². The molecule has 5 heteroatoms. The summed E-state index contributed by atoms with van der Waals surface area (Å²) in [4.78, 5) is 25.4. The summed E-state index contributed by atoms with van der Waals surface area (Å²) in [5, 5.41) is 5.20. The highest BCUT2D eigenvalue weighted by Crippen LogP contribution is 2.29. The zero-order valence-corrected chi connectivity index (χ0v) is 20.0. The van der Waals surface area contributed by atoms with Crippen LogP contribution in [0.1, 0.15) is 26.3 Å². The van der Waals surface area contributed by atoms with Gasteiger partial charge in [0.25, 0.3) is 5.91 Å². The van der Waals surface area contributed by atoms with E-state index in [2.05, 4.69) is 57.1 Å². The van der Waals surface area contributed by atoms with E-state index in [-0.39, 0.29) is 11.7 Å². The molecule has 0 aliphatic heterocycles. The minimum atomic E-state index is -0.232. The Hall–Kier alpha value is -3.96. The summed E-state index contributed by atoms with van der Waals surface area (Å²) in [6.07, 6.45) is 3.40. The van der Waals surface area contributed by atoms with Gasteiger partial charge in [0, 0.05) is 50.1 Å². The molecular weight excluding hydrogens is 488 g/mol. The van der Waals surface area contributed by atoms with Crippen molar-refractivity contribution in [1.82, 2.24) is 4.57 Å². The number of carbonyl (C=O) groups is 2. The van der Waals surface area contributed by atoms with Crippen LogP contribution in [0.2, 0.25) is 0 Å². The van der Waals surface area contributed by atoms with Gasteiger partial charge in [0.2, 0.25) is 0 Å². The average molecular weight is 509 g/mol. The number of hydrogen-bond donors (Lipinski definition) is 1. The smallest absolute Gasteiger partial charge is 0.255 e. The van der Waals surface area contributed by atoms with Crippen LogP contribution in [0.15, 0.2) is 102 Å². The van der Waals surface area contributed by atoms with Gasteiger partial charge >= 0.3 is 0 Å². The molecule has 0 spiro atoms. The van der Waals surface area contributed by atoms with Crippen molar-refractivity contribution in [2.75, 3.05) is 5.32 Å². The van der Waals surface area contributed by atoms with E-state index in [9.17, 15) is 9.59 Å². The number of para-hydroxylation sites is 1. The lowest BCUT2D eigenvalue weighted by Crippen LogP contribution is -2.12. The summed E-state index contributed by atoms with van der Waals surface area (Å²) in [6.45, 7) is 0. The summed E-state index contributed by atoms with van der Waals surface area (Å²) in [7, 11) is 2.06. The van der Waals surface area contributed by atoms with Crippen LogP contribution < -0.4 is 5.32 Å². The minimum Gasteiger partial charge on any atom is -0.344 e. The van der Waals surface area contributed by atoms with Gasteiger partial charge in [-0.05, 0) is 60.2 Å². The number of carbonyl (C=O) groups excluding carboxylic acids is 2. The molecule has 1 amide bonds. The normalized spacial score (nSPS) is 11.4. The topological polar surface area (TPSA) is 51.1 Å². The number of nitrogens with one attached hydrogen (secondary N) is 1. The molecule has 1 N–H and O–H groups in total. The lowest BCUT2D eigenvalue weighted by Gasteiger charge is -2.07. The first-order valence-corrected chi connectivity index (χ1v) is 11.7. The highest BCUT2D eigenvalue weighted by Gasteiger charge is 2.10. The molecule has 0 saturated heterocycles. The Morgan fingerprint density at radius 3 is 2.41 bits per heavy atom. The Balaban J connectivity index is 1.36. The Kier molecular flexibility index (Phi) is 5.86. The highest BCUT2D eigenvalue weighted by atomic mass is 79.9. The van der Waals surface area contributed by atoms with Crippen molar-refractivity contribution in [1.29, 1.82) is 0 Å². The van der Waals surface area contributed by atoms with E-state index < -0.39 is 0 Å². The number of aryl methyl sites for hydroxylation is 1. The number of rotatable bonds is 5. The third-order valence-electron chi connectivity index (χ3n) is 5.86. The second kappa shape index (κ2) is 9.12. The second-order valence-corrected chi connectivity index (χ2v) is 9.01. The molecule has 0 fully saturated rings. The molecule has 5 aromatic rings. The molecule has 0 aliphatic rings. The van der Waals surface area contributed by atoms with Gasteiger partial charge in [-0.15, -0.1) is 0 Å². The quantitative estimate of drug-likeness (QED) is 0.201. The molecule has 0 aliphatic carbocycles. The lowest BCUT2D eigenvalue weighted by atomic mass is 10.1. The molecule has 1 heterocycles. The number of amides is 1. The van der Waals surface area contributed by atoms with Crippen LogP contribution in [-0.4, -0.2) is 16.3 Å². The number of ketones is 1. The zero-order valence-electron chi connectivity index (χ0n) is 18.5. The largest absolute Gasteiger partial charge is 0.344 e. The molecule has 1 aromatic heterocycles. The van der Waals surface area contributed by atoms with Gasteiger partial charge in [-0.1, -0.05) is 64.5 Å². The SMILES string of the molecule is Cn1c2ccccc2c2cc(/C=C/C(=O)c3cccc(NC(=O)c4cccc(Br)c4)c3)ccc21. The van der Waals surface area contributed by atoms with E-state index >= 15 is 0 Å². The summed E-state index contributed by atoms with van der Waals surface area (Å²) in [5.74, 6) is -0.360. The molecule has 166 valence electrons. The molecule has 0 atom stereocenters. The van der Waals surface area contributed by atoms with E-state index in [4.69, 9.17) is 0 Å². The van der Waals surface area contributed by atoms with Gasteiger partial charge in [-0.2, -0.15) is 0 Å². The van der Waals surface area contributed by atoms with Crippen LogP contribution >= 0.6 is 15.9 Å². The highest BCUT2D eigenvalue weighted by molar-refractivity contribution is 9.10. The van der Waals surface area contributed by atoms with Crippen molar-refractivity contribution in [3.8, 4) is 0 Å². The van der Waals surface area contributed by atoms with Crippen LogP contribution in [0, 0.1) is 0 Å². The summed E-state index contributed by atoms with van der Waals surface area (Å²) >= 11 is 3.38. The second-order valence-electron chi connectivity index (χ2n) is 8.10. The number of hydrogen-bond acceptors (Lipinski definition) is 2. The zero-order chi connectivity index (χ0) is 23.7. The van der Waals surface area contributed by atoms with Crippen LogP contribution in [0.5, 0.6) is 0 Å². The van der Waals surface area contributed by atoms with Crippen molar-refractivity contribution in [3.05, 3.63) is 118 Å². The Labute approximate surface area is 205 Å². The molecule has 0 radical (unpaired) electrons. The molecule has 0 unspecified atom stereocenters. The first kappa shape index (κ1) is 21.9. The van der Waals surface area contributed by atoms with Crippen molar-refractivity contribution in [2.24, 2.45) is 7.05 Å². The molecule has 0 bridgehead atoms. The van der Waals surface area contributed by atoms with Crippen LogP contribution in [0.25, 0.3) is 27.9 Å². The van der Waals surface area contributed by atoms with Crippen molar-refractivity contribution < 1.29 is 9.59 Å². The van der Waals surface area contributed by atoms with Gasteiger partial charge in [-0.3, -0.25) is 9.59 Å². The number of fused-ring (bicyclic) bond motifs is 3. The standard InChI is InChI=1S/C29H21BrN2O2/c1-32-26-11-3-2-10-24(26)25-16-19(12-14-27(25)32)13-15-28(33)20-6-5-9-23(18-20)31-29(34)21-7-4-8-22(30)17-21/h2-18H,1H3,(H,31,34)/b15-13+. The van der Waals surface area contributed by atoms with E-state index in [1.165, 1.54) is 10.9 Å².